The highest BCUT2D eigenvalue weighted by atomic mass is 16.5. The van der Waals surface area contributed by atoms with Gasteiger partial charge < -0.3 is 4.52 Å². The van der Waals surface area contributed by atoms with E-state index in [1.165, 1.54) is 12.5 Å². The molecule has 0 unspecified atom stereocenters. The normalized spacial score (nSPS) is 10.4. The van der Waals surface area contributed by atoms with Crippen LogP contribution in [-0.4, -0.2) is 15.1 Å². The summed E-state index contributed by atoms with van der Waals surface area (Å²) in [6, 6.07) is 0. The molecule has 0 aliphatic carbocycles. The third-order valence-corrected chi connectivity index (χ3v) is 1.16. The predicted molar refractivity (Wildman–Crippen MR) is 32.4 cm³/mol. The molecule has 2 aromatic rings. The van der Waals surface area contributed by atoms with Crippen LogP contribution in [0.3, 0.4) is 0 Å². The lowest BCUT2D eigenvalue weighted by Crippen LogP contribution is -1.96. The Bertz CT molecular complexity index is 402. The second-order valence-electron chi connectivity index (χ2n) is 1.77. The smallest absolute Gasteiger partial charge is 0.291 e. The summed E-state index contributed by atoms with van der Waals surface area (Å²) < 4.78 is 4.66. The summed E-state index contributed by atoms with van der Waals surface area (Å²) in [6.45, 7) is 0. The molecule has 2 aromatic heterocycles. The Morgan fingerprint density at radius 2 is 2.50 bits per heavy atom. The molecule has 0 aliphatic rings. The van der Waals surface area contributed by atoms with Gasteiger partial charge in [0.2, 0.25) is 0 Å². The van der Waals surface area contributed by atoms with Crippen molar-refractivity contribution in [3.8, 4) is 0 Å². The van der Waals surface area contributed by atoms with E-state index in [1.54, 1.807) is 0 Å². The number of nitrogens with zero attached hydrogens (tertiary/aromatic N) is 2. The fourth-order valence-electron chi connectivity index (χ4n) is 0.705. The van der Waals surface area contributed by atoms with Gasteiger partial charge in [-0.25, -0.2) is 4.98 Å². The van der Waals surface area contributed by atoms with E-state index in [0.717, 1.165) is 0 Å². The maximum absolute atomic E-state index is 10.7. The molecule has 5 heteroatoms. The van der Waals surface area contributed by atoms with Crippen LogP contribution in [-0.2, 0) is 0 Å². The van der Waals surface area contributed by atoms with Gasteiger partial charge >= 0.3 is 0 Å². The van der Waals surface area contributed by atoms with E-state index in [1.807, 2.05) is 0 Å². The summed E-state index contributed by atoms with van der Waals surface area (Å²) in [6.07, 6.45) is 2.73. The first-order chi connectivity index (χ1) is 4.88. The topological polar surface area (TPSA) is 71.8 Å². The molecule has 0 radical (unpaired) electrons. The summed E-state index contributed by atoms with van der Waals surface area (Å²) in [5, 5.41) is 2.52. The van der Waals surface area contributed by atoms with E-state index in [2.05, 4.69) is 19.6 Å². The van der Waals surface area contributed by atoms with Gasteiger partial charge in [0.05, 0.1) is 0 Å². The number of H-pyrrole nitrogens is 1. The average Bonchev–Trinajstić information content (AvgIpc) is 2.34. The summed E-state index contributed by atoms with van der Waals surface area (Å²) in [4.78, 5) is 18.1. The monoisotopic (exact) mass is 137 g/mol. The Labute approximate surface area is 54.7 Å². The van der Waals surface area contributed by atoms with Crippen molar-refractivity contribution in [3.05, 3.63) is 22.9 Å². The molecule has 0 amide bonds. The number of nitrogens with one attached hydrogen (secondary N) is 1. The fourth-order valence-corrected chi connectivity index (χ4v) is 0.705. The minimum absolute atomic E-state index is 0.292. The van der Waals surface area contributed by atoms with Crippen LogP contribution < -0.4 is 5.56 Å². The molecule has 0 saturated carbocycles. The number of fused-ring (bicyclic) bond motifs is 1. The minimum Gasteiger partial charge on any atom is -0.358 e. The second-order valence-corrected chi connectivity index (χ2v) is 1.77. The van der Waals surface area contributed by atoms with Crippen LogP contribution in [0.1, 0.15) is 0 Å². The quantitative estimate of drug-likeness (QED) is 0.550. The van der Waals surface area contributed by atoms with Crippen molar-refractivity contribution in [3.63, 3.8) is 0 Å². The Morgan fingerprint density at radius 1 is 1.60 bits per heavy atom. The number of aromatic amines is 1. The van der Waals surface area contributed by atoms with Gasteiger partial charge in [-0.2, -0.15) is 10.1 Å². The van der Waals surface area contributed by atoms with E-state index in [9.17, 15) is 4.79 Å². The zero-order chi connectivity index (χ0) is 6.97. The zero-order valence-corrected chi connectivity index (χ0v) is 4.87. The summed E-state index contributed by atoms with van der Waals surface area (Å²) >= 11 is 0. The highest BCUT2D eigenvalue weighted by Gasteiger charge is 2.00. The largest absolute Gasteiger partial charge is 0.358 e. The molecule has 10 heavy (non-hydrogen) atoms. The van der Waals surface area contributed by atoms with E-state index in [-0.39, 0.29) is 5.56 Å². The Morgan fingerprint density at radius 3 is 3.30 bits per heavy atom. The summed E-state index contributed by atoms with van der Waals surface area (Å²) in [7, 11) is 0. The molecule has 2 rings (SSSR count). The molecule has 2 heterocycles. The third-order valence-electron chi connectivity index (χ3n) is 1.16. The molecule has 0 saturated heterocycles. The van der Waals surface area contributed by atoms with Crippen molar-refractivity contribution < 1.29 is 4.52 Å². The first kappa shape index (κ1) is 5.16. The summed E-state index contributed by atoms with van der Waals surface area (Å²) in [5.41, 5.74) is -0.00407. The van der Waals surface area contributed by atoms with Crippen LogP contribution in [0.2, 0.25) is 0 Å². The maximum Gasteiger partial charge on any atom is 0.291 e. The van der Waals surface area contributed by atoms with E-state index >= 15 is 0 Å². The van der Waals surface area contributed by atoms with Crippen molar-refractivity contribution in [2.45, 2.75) is 0 Å². The maximum atomic E-state index is 10.7. The van der Waals surface area contributed by atoms with E-state index in [4.69, 9.17) is 0 Å². The van der Waals surface area contributed by atoms with Crippen LogP contribution in [0.25, 0.3) is 11.1 Å². The van der Waals surface area contributed by atoms with Crippen LogP contribution >= 0.6 is 0 Å². The van der Waals surface area contributed by atoms with Crippen LogP contribution in [0, 0.1) is 0 Å². The number of hydrogen-bond acceptors (Lipinski definition) is 4. The number of rotatable bonds is 0. The van der Waals surface area contributed by atoms with Gasteiger partial charge in [-0.1, -0.05) is 0 Å². The lowest BCUT2D eigenvalue weighted by molar-refractivity contribution is 0.441. The van der Waals surface area contributed by atoms with E-state index < -0.39 is 0 Å². The second kappa shape index (κ2) is 1.66. The lowest BCUT2D eigenvalue weighted by atomic mass is 10.4. The van der Waals surface area contributed by atoms with Gasteiger partial charge in [0.15, 0.2) is 0 Å². The molecule has 5 nitrogen and oxygen atoms in total. The zero-order valence-electron chi connectivity index (χ0n) is 4.87. The molecule has 0 aliphatic heterocycles. The van der Waals surface area contributed by atoms with Gasteiger partial charge in [0.25, 0.3) is 11.3 Å². The number of aromatic nitrogens is 3. The summed E-state index contributed by atoms with van der Waals surface area (Å²) in [5.74, 6) is 0. The molecule has 0 spiro atoms. The highest BCUT2D eigenvalue weighted by Crippen LogP contribution is 1.99. The van der Waals surface area contributed by atoms with Crippen LogP contribution in [0.5, 0.6) is 0 Å². The molecule has 0 fully saturated rings. The molecule has 1 N–H and O–H groups in total. The van der Waals surface area contributed by atoms with E-state index in [0.29, 0.717) is 11.1 Å². The molecule has 50 valence electrons. The lowest BCUT2D eigenvalue weighted by Gasteiger charge is -1.77. The molecule has 0 atom stereocenters. The highest BCUT2D eigenvalue weighted by molar-refractivity contribution is 5.69. The SMILES string of the molecule is O=c1[nH]oc2ncncc12. The molecular weight excluding hydrogens is 134 g/mol. The molecular formula is C5H3N3O2. The molecule has 0 bridgehead atoms. The van der Waals surface area contributed by atoms with Crippen molar-refractivity contribution in [2.75, 3.05) is 0 Å². The number of hydrogen-bond donors (Lipinski definition) is 1. The standard InChI is InChI=1S/C5H3N3O2/c9-4-3-1-6-2-7-5(3)10-8-4/h1-2H,(H,8,9). The van der Waals surface area contributed by atoms with Crippen molar-refractivity contribution in [1.82, 2.24) is 15.1 Å². The van der Waals surface area contributed by atoms with Crippen molar-refractivity contribution in [2.24, 2.45) is 0 Å². The Balaban J connectivity index is 3.07. The van der Waals surface area contributed by atoms with Crippen LogP contribution in [0.4, 0.5) is 0 Å². The predicted octanol–water partition coefficient (Wildman–Crippen LogP) is -0.0889. The molecule has 0 aromatic carbocycles. The van der Waals surface area contributed by atoms with Gasteiger partial charge in [-0.15, -0.1) is 0 Å². The first-order valence-corrected chi connectivity index (χ1v) is 2.65. The van der Waals surface area contributed by atoms with Crippen molar-refractivity contribution in [1.29, 1.82) is 0 Å². The first-order valence-electron chi connectivity index (χ1n) is 2.65. The van der Waals surface area contributed by atoms with Gasteiger partial charge in [-0.05, 0) is 0 Å². The van der Waals surface area contributed by atoms with Crippen LogP contribution in [0.15, 0.2) is 21.8 Å². The Hall–Kier alpha value is -1.65. The fraction of sp³-hybridized carbons (Fsp3) is 0. The van der Waals surface area contributed by atoms with Gasteiger partial charge in [0.1, 0.15) is 11.7 Å². The average molecular weight is 137 g/mol. The van der Waals surface area contributed by atoms with Gasteiger partial charge in [0, 0.05) is 6.20 Å². The Kier molecular flexibility index (Phi) is 0.858. The van der Waals surface area contributed by atoms with Gasteiger partial charge in [-0.3, -0.25) is 4.79 Å². The third kappa shape index (κ3) is 0.540. The van der Waals surface area contributed by atoms with Crippen molar-refractivity contribution >= 4 is 11.1 Å². The minimum atomic E-state index is -0.296.